The van der Waals surface area contributed by atoms with Gasteiger partial charge in [0.05, 0.1) is 35.0 Å². The lowest BCUT2D eigenvalue weighted by molar-refractivity contribution is -0.137. The number of pyridine rings is 1. The average Bonchev–Trinajstić information content (AvgIpc) is 3.16. The number of nitrogens with one attached hydrogen (secondary N) is 1. The third-order valence-corrected chi connectivity index (χ3v) is 4.64. The highest BCUT2D eigenvalue weighted by atomic mass is 19.4. The van der Waals surface area contributed by atoms with Crippen LogP contribution in [0.3, 0.4) is 0 Å². The molecule has 6 nitrogen and oxygen atoms in total. The number of alkyl halides is 3. The van der Waals surface area contributed by atoms with Crippen molar-refractivity contribution in [2.24, 2.45) is 0 Å². The number of H-pyrrole nitrogens is 1. The Morgan fingerprint density at radius 1 is 1.03 bits per heavy atom. The van der Waals surface area contributed by atoms with Gasteiger partial charge in [0.1, 0.15) is 5.75 Å². The van der Waals surface area contributed by atoms with Crippen LogP contribution in [0, 0.1) is 0 Å². The van der Waals surface area contributed by atoms with Crippen molar-refractivity contribution in [2.75, 3.05) is 7.11 Å². The molecule has 0 aliphatic heterocycles. The highest BCUT2D eigenvalue weighted by Gasteiger charge is 2.30. The van der Waals surface area contributed by atoms with Crippen LogP contribution >= 0.6 is 0 Å². The first-order valence-corrected chi connectivity index (χ1v) is 8.72. The molecule has 0 fully saturated rings. The van der Waals surface area contributed by atoms with Gasteiger partial charge in [-0.05, 0) is 42.5 Å². The Labute approximate surface area is 168 Å². The van der Waals surface area contributed by atoms with Crippen molar-refractivity contribution >= 4 is 17.0 Å². The van der Waals surface area contributed by atoms with Crippen LogP contribution in [-0.2, 0) is 6.18 Å². The minimum absolute atomic E-state index is 0.0607. The van der Waals surface area contributed by atoms with Crippen molar-refractivity contribution in [1.29, 1.82) is 0 Å². The summed E-state index contributed by atoms with van der Waals surface area (Å²) < 4.78 is 43.5. The fourth-order valence-electron chi connectivity index (χ4n) is 3.14. The van der Waals surface area contributed by atoms with Crippen LogP contribution in [0.25, 0.3) is 33.5 Å². The number of nitrogens with zero attached hydrogens (tertiary/aromatic N) is 2. The first kappa shape index (κ1) is 19.4. The number of hydrogen-bond donors (Lipinski definition) is 2. The largest absolute Gasteiger partial charge is 0.497 e. The van der Waals surface area contributed by atoms with Gasteiger partial charge in [-0.1, -0.05) is 12.1 Å². The molecule has 0 saturated heterocycles. The summed E-state index contributed by atoms with van der Waals surface area (Å²) in [6.07, 6.45) is -4.46. The number of ether oxygens (including phenoxy) is 1. The average molecular weight is 413 g/mol. The van der Waals surface area contributed by atoms with E-state index in [0.717, 1.165) is 12.1 Å². The number of carboxylic acid groups (broad SMARTS) is 1. The second kappa shape index (κ2) is 7.18. The van der Waals surface area contributed by atoms with E-state index in [1.807, 2.05) is 0 Å². The van der Waals surface area contributed by atoms with E-state index in [1.54, 1.807) is 24.3 Å². The zero-order chi connectivity index (χ0) is 21.5. The molecular formula is C21H14F3N3O3. The molecule has 2 aromatic heterocycles. The van der Waals surface area contributed by atoms with E-state index < -0.39 is 17.7 Å². The van der Waals surface area contributed by atoms with Gasteiger partial charge in [0.25, 0.3) is 0 Å². The summed E-state index contributed by atoms with van der Waals surface area (Å²) in [4.78, 5) is 16.3. The van der Waals surface area contributed by atoms with Crippen molar-refractivity contribution in [2.45, 2.75) is 6.18 Å². The summed E-state index contributed by atoms with van der Waals surface area (Å²) in [7, 11) is 1.54. The Morgan fingerprint density at radius 3 is 2.23 bits per heavy atom. The lowest BCUT2D eigenvalue weighted by Crippen LogP contribution is -2.04. The molecular weight excluding hydrogens is 399 g/mol. The normalized spacial score (nSPS) is 11.6. The highest BCUT2D eigenvalue weighted by Crippen LogP contribution is 2.34. The monoisotopic (exact) mass is 413 g/mol. The number of carbonyl (C=O) groups is 1. The van der Waals surface area contributed by atoms with Gasteiger partial charge in [0.2, 0.25) is 0 Å². The van der Waals surface area contributed by atoms with Gasteiger partial charge in [0, 0.05) is 11.1 Å². The van der Waals surface area contributed by atoms with Crippen LogP contribution in [-0.4, -0.2) is 33.4 Å². The SMILES string of the molecule is COc1ccc(-c2[nH]nc3nc(-c4ccc(C(F)(F)F)cc4)cc(C(=O)O)c23)cc1. The number of fused-ring (bicyclic) bond motifs is 1. The molecule has 0 bridgehead atoms. The summed E-state index contributed by atoms with van der Waals surface area (Å²) >= 11 is 0. The summed E-state index contributed by atoms with van der Waals surface area (Å²) in [5.41, 5.74) is 1.00. The van der Waals surface area contributed by atoms with Crippen molar-refractivity contribution in [3.63, 3.8) is 0 Å². The molecule has 9 heteroatoms. The second-order valence-corrected chi connectivity index (χ2v) is 6.46. The number of aromatic carboxylic acids is 1. The van der Waals surface area contributed by atoms with Crippen LogP contribution in [0.5, 0.6) is 5.75 Å². The zero-order valence-corrected chi connectivity index (χ0v) is 15.5. The number of aromatic nitrogens is 3. The molecule has 152 valence electrons. The van der Waals surface area contributed by atoms with E-state index in [4.69, 9.17) is 4.74 Å². The molecule has 0 aliphatic carbocycles. The highest BCUT2D eigenvalue weighted by molar-refractivity contribution is 6.08. The molecule has 2 heterocycles. The molecule has 4 rings (SSSR count). The van der Waals surface area contributed by atoms with Crippen molar-refractivity contribution in [3.05, 3.63) is 65.7 Å². The fourth-order valence-corrected chi connectivity index (χ4v) is 3.14. The van der Waals surface area contributed by atoms with Gasteiger partial charge in [0.15, 0.2) is 5.65 Å². The van der Waals surface area contributed by atoms with E-state index in [9.17, 15) is 23.1 Å². The first-order chi connectivity index (χ1) is 14.3. The Balaban J connectivity index is 1.84. The maximum Gasteiger partial charge on any atom is 0.416 e. The third kappa shape index (κ3) is 3.45. The Hall–Kier alpha value is -3.88. The minimum Gasteiger partial charge on any atom is -0.497 e. The number of carboxylic acids is 1. The van der Waals surface area contributed by atoms with Crippen LogP contribution in [0.1, 0.15) is 15.9 Å². The Bertz CT molecular complexity index is 1230. The molecule has 0 spiro atoms. The molecule has 0 amide bonds. The number of methoxy groups -OCH3 is 1. The van der Waals surface area contributed by atoms with E-state index in [0.29, 0.717) is 28.0 Å². The topological polar surface area (TPSA) is 88.1 Å². The minimum atomic E-state index is -4.46. The molecule has 2 N–H and O–H groups in total. The maximum atomic E-state index is 12.8. The number of halogens is 3. The number of benzene rings is 2. The maximum absolute atomic E-state index is 12.8. The summed E-state index contributed by atoms with van der Waals surface area (Å²) in [5, 5.41) is 17.0. The van der Waals surface area contributed by atoms with Crippen molar-refractivity contribution < 1.29 is 27.8 Å². The molecule has 0 atom stereocenters. The van der Waals surface area contributed by atoms with Gasteiger partial charge < -0.3 is 9.84 Å². The smallest absolute Gasteiger partial charge is 0.416 e. The molecule has 2 aromatic carbocycles. The van der Waals surface area contributed by atoms with E-state index in [2.05, 4.69) is 15.2 Å². The van der Waals surface area contributed by atoms with Crippen LogP contribution in [0.15, 0.2) is 54.6 Å². The van der Waals surface area contributed by atoms with E-state index in [1.165, 1.54) is 25.3 Å². The molecule has 0 unspecified atom stereocenters. The van der Waals surface area contributed by atoms with E-state index in [-0.39, 0.29) is 16.9 Å². The van der Waals surface area contributed by atoms with Crippen LogP contribution in [0.2, 0.25) is 0 Å². The van der Waals surface area contributed by atoms with Gasteiger partial charge >= 0.3 is 12.1 Å². The fraction of sp³-hybridized carbons (Fsp3) is 0.0952. The van der Waals surface area contributed by atoms with Crippen molar-refractivity contribution in [3.8, 4) is 28.3 Å². The number of rotatable bonds is 4. The van der Waals surface area contributed by atoms with E-state index >= 15 is 0 Å². The molecule has 0 radical (unpaired) electrons. The second-order valence-electron chi connectivity index (χ2n) is 6.46. The number of aromatic amines is 1. The Morgan fingerprint density at radius 2 is 1.67 bits per heavy atom. The zero-order valence-electron chi connectivity index (χ0n) is 15.5. The molecule has 30 heavy (non-hydrogen) atoms. The van der Waals surface area contributed by atoms with Crippen LogP contribution in [0.4, 0.5) is 13.2 Å². The van der Waals surface area contributed by atoms with Gasteiger partial charge in [-0.25, -0.2) is 9.78 Å². The summed E-state index contributed by atoms with van der Waals surface area (Å²) in [6.45, 7) is 0. The molecule has 0 saturated carbocycles. The lowest BCUT2D eigenvalue weighted by atomic mass is 10.0. The first-order valence-electron chi connectivity index (χ1n) is 8.72. The third-order valence-electron chi connectivity index (χ3n) is 4.64. The predicted octanol–water partition coefficient (Wildman–Crippen LogP) is 5.02. The van der Waals surface area contributed by atoms with Gasteiger partial charge in [-0.15, -0.1) is 0 Å². The van der Waals surface area contributed by atoms with Gasteiger partial charge in [-0.3, -0.25) is 5.10 Å². The molecule has 0 aliphatic rings. The summed E-state index contributed by atoms with van der Waals surface area (Å²) in [5.74, 6) is -0.560. The quantitative estimate of drug-likeness (QED) is 0.491. The number of hydrogen-bond acceptors (Lipinski definition) is 4. The lowest BCUT2D eigenvalue weighted by Gasteiger charge is -2.09. The molecule has 4 aromatic rings. The van der Waals surface area contributed by atoms with Gasteiger partial charge in [-0.2, -0.15) is 18.3 Å². The van der Waals surface area contributed by atoms with Crippen LogP contribution < -0.4 is 4.74 Å². The summed E-state index contributed by atoms with van der Waals surface area (Å²) in [6, 6.07) is 12.6. The van der Waals surface area contributed by atoms with Crippen molar-refractivity contribution in [1.82, 2.24) is 15.2 Å². The predicted molar refractivity (Wildman–Crippen MR) is 103 cm³/mol. The standard InChI is InChI=1S/C21H14F3N3O3/c1-30-14-8-4-12(5-9-14)18-17-15(20(28)29)10-16(25-19(17)27-26-18)11-2-6-13(7-3-11)21(22,23)24/h2-10H,1H3,(H,28,29)(H,25,26,27). The Kier molecular flexibility index (Phi) is 4.65.